The Balaban J connectivity index is 1.55. The molecule has 0 radical (unpaired) electrons. The van der Waals surface area contributed by atoms with Crippen LogP contribution in [0.15, 0.2) is 30.0 Å². The van der Waals surface area contributed by atoms with E-state index >= 15 is 0 Å². The number of rotatable bonds is 7. The second kappa shape index (κ2) is 6.90. The van der Waals surface area contributed by atoms with Gasteiger partial charge in [0.1, 0.15) is 0 Å². The average Bonchev–Trinajstić information content (AvgIpc) is 3.01. The highest BCUT2D eigenvalue weighted by Crippen LogP contribution is 2.03. The normalized spacial score (nSPS) is 10.4. The third-order valence-electron chi connectivity index (χ3n) is 2.49. The highest BCUT2D eigenvalue weighted by Gasteiger charge is 2.02. The average molecular weight is 264 g/mol. The van der Waals surface area contributed by atoms with E-state index in [4.69, 9.17) is 0 Å². The second-order valence-electron chi connectivity index (χ2n) is 3.90. The smallest absolute Gasteiger partial charge is 0.220 e. The molecule has 2 aromatic heterocycles. The van der Waals surface area contributed by atoms with Crippen LogP contribution in [-0.2, 0) is 17.8 Å². The summed E-state index contributed by atoms with van der Waals surface area (Å²) >= 11 is 1.62. The van der Waals surface area contributed by atoms with Crippen molar-refractivity contribution in [2.24, 2.45) is 0 Å². The number of nitrogens with zero attached hydrogens (tertiary/aromatic N) is 3. The standard InChI is InChI=1S/C12H16N4OS/c17-11(3-1-8-16-9-2-5-15-16)13-6-4-12-14-7-10-18-12/h2,5,7,9-10H,1,3-4,6,8H2,(H,13,17). The van der Waals surface area contributed by atoms with Gasteiger partial charge in [-0.2, -0.15) is 5.10 Å². The van der Waals surface area contributed by atoms with Crippen molar-refractivity contribution in [2.45, 2.75) is 25.8 Å². The first-order valence-electron chi connectivity index (χ1n) is 5.97. The lowest BCUT2D eigenvalue weighted by Gasteiger charge is -2.04. The Morgan fingerprint density at radius 1 is 1.44 bits per heavy atom. The van der Waals surface area contributed by atoms with E-state index in [1.165, 1.54) is 0 Å². The van der Waals surface area contributed by atoms with Gasteiger partial charge in [-0.1, -0.05) is 0 Å². The molecule has 0 atom stereocenters. The van der Waals surface area contributed by atoms with Gasteiger partial charge in [0, 0.05) is 49.9 Å². The Kier molecular flexibility index (Phi) is 4.89. The van der Waals surface area contributed by atoms with Gasteiger partial charge in [0.05, 0.1) is 5.01 Å². The number of carbonyl (C=O) groups is 1. The fourth-order valence-corrected chi connectivity index (χ4v) is 2.23. The summed E-state index contributed by atoms with van der Waals surface area (Å²) in [6, 6.07) is 1.88. The predicted octanol–water partition coefficient (Wildman–Crippen LogP) is 1.48. The van der Waals surface area contributed by atoms with Gasteiger partial charge in [-0.05, 0) is 12.5 Å². The predicted molar refractivity (Wildman–Crippen MR) is 70.3 cm³/mol. The number of amides is 1. The van der Waals surface area contributed by atoms with Crippen molar-refractivity contribution in [1.82, 2.24) is 20.1 Å². The molecule has 0 saturated carbocycles. The molecule has 18 heavy (non-hydrogen) atoms. The summed E-state index contributed by atoms with van der Waals surface area (Å²) in [5.41, 5.74) is 0. The molecule has 1 amide bonds. The highest BCUT2D eigenvalue weighted by molar-refractivity contribution is 7.09. The Morgan fingerprint density at radius 3 is 3.11 bits per heavy atom. The topological polar surface area (TPSA) is 59.8 Å². The molecule has 0 aromatic carbocycles. The summed E-state index contributed by atoms with van der Waals surface area (Å²) < 4.78 is 1.84. The number of hydrogen-bond acceptors (Lipinski definition) is 4. The van der Waals surface area contributed by atoms with Gasteiger partial charge in [0.25, 0.3) is 0 Å². The van der Waals surface area contributed by atoms with Crippen LogP contribution in [0.5, 0.6) is 0 Å². The van der Waals surface area contributed by atoms with Gasteiger partial charge < -0.3 is 5.32 Å². The molecular weight excluding hydrogens is 248 g/mol. The van der Waals surface area contributed by atoms with Crippen LogP contribution in [0.2, 0.25) is 0 Å². The Hall–Kier alpha value is -1.69. The van der Waals surface area contributed by atoms with Gasteiger partial charge in [-0.25, -0.2) is 4.98 Å². The van der Waals surface area contributed by atoms with E-state index in [9.17, 15) is 4.79 Å². The van der Waals surface area contributed by atoms with Gasteiger partial charge >= 0.3 is 0 Å². The van der Waals surface area contributed by atoms with E-state index in [0.717, 1.165) is 24.4 Å². The number of carbonyl (C=O) groups excluding carboxylic acids is 1. The highest BCUT2D eigenvalue weighted by atomic mass is 32.1. The van der Waals surface area contributed by atoms with Crippen molar-refractivity contribution in [1.29, 1.82) is 0 Å². The van der Waals surface area contributed by atoms with Gasteiger partial charge in [-0.15, -0.1) is 11.3 Å². The van der Waals surface area contributed by atoms with Crippen LogP contribution < -0.4 is 5.32 Å². The summed E-state index contributed by atoms with van der Waals surface area (Å²) in [5, 5.41) is 9.99. The van der Waals surface area contributed by atoms with Crippen LogP contribution >= 0.6 is 11.3 Å². The molecule has 0 saturated heterocycles. The minimum Gasteiger partial charge on any atom is -0.356 e. The molecule has 0 spiro atoms. The Labute approximate surface area is 110 Å². The summed E-state index contributed by atoms with van der Waals surface area (Å²) in [4.78, 5) is 15.7. The first kappa shape index (κ1) is 12.8. The van der Waals surface area contributed by atoms with Crippen molar-refractivity contribution in [3.8, 4) is 0 Å². The number of thiazole rings is 1. The van der Waals surface area contributed by atoms with Crippen LogP contribution in [-0.4, -0.2) is 27.2 Å². The molecular formula is C12H16N4OS. The molecule has 0 bridgehead atoms. The molecule has 2 heterocycles. The van der Waals surface area contributed by atoms with E-state index in [1.54, 1.807) is 23.7 Å². The fraction of sp³-hybridized carbons (Fsp3) is 0.417. The zero-order chi connectivity index (χ0) is 12.6. The molecule has 0 aliphatic rings. The summed E-state index contributed by atoms with van der Waals surface area (Å²) in [6.45, 7) is 1.45. The van der Waals surface area contributed by atoms with Crippen LogP contribution in [0.1, 0.15) is 17.8 Å². The zero-order valence-electron chi connectivity index (χ0n) is 10.1. The first-order chi connectivity index (χ1) is 8.84. The largest absolute Gasteiger partial charge is 0.356 e. The molecule has 0 aliphatic carbocycles. The lowest BCUT2D eigenvalue weighted by Crippen LogP contribution is -2.25. The van der Waals surface area contributed by atoms with E-state index in [-0.39, 0.29) is 5.91 Å². The van der Waals surface area contributed by atoms with Crippen molar-refractivity contribution in [3.05, 3.63) is 35.0 Å². The SMILES string of the molecule is O=C(CCCn1cccn1)NCCc1nccs1. The quantitative estimate of drug-likeness (QED) is 0.824. The number of aryl methyl sites for hydroxylation is 1. The lowest BCUT2D eigenvalue weighted by molar-refractivity contribution is -0.121. The Bertz CT molecular complexity index is 410. The molecule has 2 rings (SSSR count). The van der Waals surface area contributed by atoms with E-state index in [2.05, 4.69) is 15.4 Å². The zero-order valence-corrected chi connectivity index (χ0v) is 10.9. The van der Waals surface area contributed by atoms with Crippen LogP contribution in [0.4, 0.5) is 0 Å². The molecule has 0 unspecified atom stereocenters. The van der Waals surface area contributed by atoms with Gasteiger partial charge in [0.15, 0.2) is 0 Å². The minimum absolute atomic E-state index is 0.0960. The minimum atomic E-state index is 0.0960. The summed E-state index contributed by atoms with van der Waals surface area (Å²) in [7, 11) is 0. The Morgan fingerprint density at radius 2 is 2.39 bits per heavy atom. The van der Waals surface area contributed by atoms with Crippen LogP contribution in [0.25, 0.3) is 0 Å². The molecule has 96 valence electrons. The van der Waals surface area contributed by atoms with Crippen molar-refractivity contribution in [3.63, 3.8) is 0 Å². The maximum atomic E-state index is 11.5. The molecule has 0 aliphatic heterocycles. The summed E-state index contributed by atoms with van der Waals surface area (Å²) in [6.07, 6.45) is 7.59. The van der Waals surface area contributed by atoms with Crippen molar-refractivity contribution in [2.75, 3.05) is 6.54 Å². The molecule has 5 nitrogen and oxygen atoms in total. The molecule has 6 heteroatoms. The van der Waals surface area contributed by atoms with Crippen LogP contribution in [0, 0.1) is 0 Å². The maximum Gasteiger partial charge on any atom is 0.220 e. The van der Waals surface area contributed by atoms with Gasteiger partial charge in [-0.3, -0.25) is 9.48 Å². The molecule has 1 N–H and O–H groups in total. The second-order valence-corrected chi connectivity index (χ2v) is 4.88. The van der Waals surface area contributed by atoms with Crippen LogP contribution in [0.3, 0.4) is 0 Å². The first-order valence-corrected chi connectivity index (χ1v) is 6.85. The summed E-state index contributed by atoms with van der Waals surface area (Å²) in [5.74, 6) is 0.0960. The number of hydrogen-bond donors (Lipinski definition) is 1. The van der Waals surface area contributed by atoms with E-state index in [1.807, 2.05) is 22.3 Å². The lowest BCUT2D eigenvalue weighted by atomic mass is 10.3. The number of aromatic nitrogens is 3. The fourth-order valence-electron chi connectivity index (χ4n) is 1.61. The van der Waals surface area contributed by atoms with Crippen molar-refractivity contribution >= 4 is 17.2 Å². The molecule has 2 aromatic rings. The maximum absolute atomic E-state index is 11.5. The third kappa shape index (κ3) is 4.29. The monoisotopic (exact) mass is 264 g/mol. The number of nitrogens with one attached hydrogen (secondary N) is 1. The molecule has 0 fully saturated rings. The van der Waals surface area contributed by atoms with Gasteiger partial charge in [0.2, 0.25) is 5.91 Å². The third-order valence-corrected chi connectivity index (χ3v) is 3.33. The van der Waals surface area contributed by atoms with Crippen molar-refractivity contribution < 1.29 is 4.79 Å². The van der Waals surface area contributed by atoms with E-state index in [0.29, 0.717) is 13.0 Å². The van der Waals surface area contributed by atoms with E-state index < -0.39 is 0 Å².